The van der Waals surface area contributed by atoms with Crippen LogP contribution in [0.2, 0.25) is 5.02 Å². The van der Waals surface area contributed by atoms with Gasteiger partial charge in [-0.3, -0.25) is 0 Å². The van der Waals surface area contributed by atoms with E-state index in [1.54, 1.807) is 7.05 Å². The quantitative estimate of drug-likeness (QED) is 0.858. The summed E-state index contributed by atoms with van der Waals surface area (Å²) < 4.78 is 25.7. The zero-order valence-corrected chi connectivity index (χ0v) is 11.7. The molecule has 0 atom stereocenters. The molecule has 6 heteroatoms. The Morgan fingerprint density at radius 1 is 1.41 bits per heavy atom. The number of nitrogens with two attached hydrogens (primary N) is 1. The number of nitrogen functional groups attached to an aromatic ring is 1. The number of hydrogen-bond acceptors (Lipinski definition) is 3. The van der Waals surface area contributed by atoms with Gasteiger partial charge in [-0.25, -0.2) is 12.7 Å². The second-order valence-electron chi connectivity index (χ2n) is 4.37. The van der Waals surface area contributed by atoms with Crippen molar-refractivity contribution in [2.45, 2.75) is 18.7 Å². The summed E-state index contributed by atoms with van der Waals surface area (Å²) in [5.41, 5.74) is 5.98. The second-order valence-corrected chi connectivity index (χ2v) is 6.79. The highest BCUT2D eigenvalue weighted by Gasteiger charge is 2.23. The molecular weight excluding hydrogens is 260 g/mol. The van der Waals surface area contributed by atoms with Crippen LogP contribution in [-0.4, -0.2) is 26.3 Å². The molecule has 1 aromatic carbocycles. The first kappa shape index (κ1) is 14.3. The van der Waals surface area contributed by atoms with Crippen molar-refractivity contribution in [1.82, 2.24) is 4.31 Å². The largest absolute Gasteiger partial charge is 0.399 e. The van der Waals surface area contributed by atoms with Crippen molar-refractivity contribution in [2.75, 3.05) is 19.3 Å². The topological polar surface area (TPSA) is 63.4 Å². The van der Waals surface area contributed by atoms with Gasteiger partial charge < -0.3 is 5.73 Å². The van der Waals surface area contributed by atoms with Crippen LogP contribution in [0.1, 0.15) is 13.8 Å². The molecule has 0 spiro atoms. The smallest absolute Gasteiger partial charge is 0.244 e. The maximum atomic E-state index is 12.2. The standard InChI is InChI=1S/C11H17ClN2O2S/c1-8(2)7-14(3)17(15,16)11-5-4-9(13)6-10(11)12/h4-6,8H,7,13H2,1-3H3. The van der Waals surface area contributed by atoms with Crippen molar-refractivity contribution in [3.63, 3.8) is 0 Å². The van der Waals surface area contributed by atoms with Crippen LogP contribution in [0.15, 0.2) is 23.1 Å². The first-order chi connectivity index (χ1) is 7.75. The molecule has 0 aliphatic heterocycles. The Balaban J connectivity index is 3.13. The molecule has 0 saturated heterocycles. The van der Waals surface area contributed by atoms with Crippen molar-refractivity contribution >= 4 is 27.3 Å². The SMILES string of the molecule is CC(C)CN(C)S(=O)(=O)c1ccc(N)cc1Cl. The molecule has 1 aromatic rings. The average molecular weight is 277 g/mol. The molecule has 0 aromatic heterocycles. The predicted octanol–water partition coefficient (Wildman–Crippen LogP) is 2.20. The van der Waals surface area contributed by atoms with Crippen LogP contribution in [0.4, 0.5) is 5.69 Å². The number of sulfonamides is 1. The van der Waals surface area contributed by atoms with E-state index in [0.29, 0.717) is 12.2 Å². The van der Waals surface area contributed by atoms with E-state index in [9.17, 15) is 8.42 Å². The van der Waals surface area contributed by atoms with Gasteiger partial charge in [0.1, 0.15) is 4.90 Å². The fourth-order valence-electron chi connectivity index (χ4n) is 1.51. The van der Waals surface area contributed by atoms with Gasteiger partial charge in [-0.05, 0) is 24.1 Å². The lowest BCUT2D eigenvalue weighted by Crippen LogP contribution is -2.30. The number of rotatable bonds is 4. The van der Waals surface area contributed by atoms with Crippen molar-refractivity contribution < 1.29 is 8.42 Å². The summed E-state index contributed by atoms with van der Waals surface area (Å²) in [5.74, 6) is 0.252. The zero-order chi connectivity index (χ0) is 13.2. The van der Waals surface area contributed by atoms with Gasteiger partial charge in [0.05, 0.1) is 5.02 Å². The summed E-state index contributed by atoms with van der Waals surface area (Å²) in [7, 11) is -1.99. The van der Waals surface area contributed by atoms with Crippen LogP contribution in [0, 0.1) is 5.92 Å². The molecule has 0 amide bonds. The van der Waals surface area contributed by atoms with Gasteiger partial charge in [0.25, 0.3) is 0 Å². The number of halogens is 1. The van der Waals surface area contributed by atoms with Gasteiger partial charge in [-0.15, -0.1) is 0 Å². The summed E-state index contributed by atoms with van der Waals surface area (Å²) in [4.78, 5) is 0.0940. The van der Waals surface area contributed by atoms with Gasteiger partial charge in [0.2, 0.25) is 10.0 Å². The molecule has 4 nitrogen and oxygen atoms in total. The minimum Gasteiger partial charge on any atom is -0.399 e. The van der Waals surface area contributed by atoms with E-state index in [1.165, 1.54) is 22.5 Å². The summed E-state index contributed by atoms with van der Waals surface area (Å²) in [6.45, 7) is 4.36. The van der Waals surface area contributed by atoms with E-state index in [1.807, 2.05) is 13.8 Å². The average Bonchev–Trinajstić information content (AvgIpc) is 2.15. The lowest BCUT2D eigenvalue weighted by Gasteiger charge is -2.19. The molecule has 0 aliphatic rings. The van der Waals surface area contributed by atoms with E-state index in [0.717, 1.165) is 0 Å². The Bertz CT molecular complexity index is 500. The molecule has 2 N–H and O–H groups in total. The molecule has 1 rings (SSSR count). The minimum atomic E-state index is -3.54. The molecule has 17 heavy (non-hydrogen) atoms. The molecule has 96 valence electrons. The molecular formula is C11H17ClN2O2S. The highest BCUT2D eigenvalue weighted by molar-refractivity contribution is 7.89. The normalized spacial score (nSPS) is 12.4. The van der Waals surface area contributed by atoms with E-state index in [-0.39, 0.29) is 15.8 Å². The first-order valence-electron chi connectivity index (χ1n) is 5.26. The molecule has 0 saturated carbocycles. The fraction of sp³-hybridized carbons (Fsp3) is 0.455. The maximum Gasteiger partial charge on any atom is 0.244 e. The van der Waals surface area contributed by atoms with Gasteiger partial charge >= 0.3 is 0 Å². The Hall–Kier alpha value is -0.780. The predicted molar refractivity (Wildman–Crippen MR) is 70.5 cm³/mol. The van der Waals surface area contributed by atoms with E-state index in [2.05, 4.69) is 0 Å². The first-order valence-corrected chi connectivity index (χ1v) is 7.08. The van der Waals surface area contributed by atoms with Crippen LogP contribution in [0.5, 0.6) is 0 Å². The van der Waals surface area contributed by atoms with Gasteiger partial charge in [-0.2, -0.15) is 0 Å². The lowest BCUT2D eigenvalue weighted by molar-refractivity contribution is 0.417. The molecule has 0 bridgehead atoms. The zero-order valence-electron chi connectivity index (χ0n) is 10.1. The summed E-state index contributed by atoms with van der Waals surface area (Å²) >= 11 is 5.91. The van der Waals surface area contributed by atoms with Crippen molar-refractivity contribution in [3.8, 4) is 0 Å². The number of nitrogens with zero attached hydrogens (tertiary/aromatic N) is 1. The summed E-state index contributed by atoms with van der Waals surface area (Å²) in [5, 5.41) is 0.153. The Morgan fingerprint density at radius 2 is 2.00 bits per heavy atom. The Kier molecular flexibility index (Phi) is 4.41. The van der Waals surface area contributed by atoms with Gasteiger partial charge in [0, 0.05) is 19.3 Å². The highest BCUT2D eigenvalue weighted by Crippen LogP contribution is 2.26. The van der Waals surface area contributed by atoms with Crippen LogP contribution in [0.25, 0.3) is 0 Å². The Morgan fingerprint density at radius 3 is 2.47 bits per heavy atom. The van der Waals surface area contributed by atoms with Crippen molar-refractivity contribution in [1.29, 1.82) is 0 Å². The molecule has 0 heterocycles. The molecule has 0 fully saturated rings. The van der Waals surface area contributed by atoms with Crippen LogP contribution in [-0.2, 0) is 10.0 Å². The molecule has 0 aliphatic carbocycles. The minimum absolute atomic E-state index is 0.0940. The van der Waals surface area contributed by atoms with Crippen LogP contribution >= 0.6 is 11.6 Å². The van der Waals surface area contributed by atoms with Gasteiger partial charge in [0.15, 0.2) is 0 Å². The van der Waals surface area contributed by atoms with Crippen LogP contribution in [0.3, 0.4) is 0 Å². The lowest BCUT2D eigenvalue weighted by atomic mass is 10.2. The Labute approximate surface area is 107 Å². The number of hydrogen-bond donors (Lipinski definition) is 1. The third-order valence-corrected chi connectivity index (χ3v) is 4.57. The highest BCUT2D eigenvalue weighted by atomic mass is 35.5. The maximum absolute atomic E-state index is 12.2. The third-order valence-electron chi connectivity index (χ3n) is 2.27. The fourth-order valence-corrected chi connectivity index (χ4v) is 3.36. The third kappa shape index (κ3) is 3.34. The summed E-state index contributed by atoms with van der Waals surface area (Å²) in [6, 6.07) is 4.41. The number of benzene rings is 1. The van der Waals surface area contributed by atoms with Crippen molar-refractivity contribution in [3.05, 3.63) is 23.2 Å². The molecule has 0 unspecified atom stereocenters. The second kappa shape index (κ2) is 5.25. The van der Waals surface area contributed by atoms with E-state index in [4.69, 9.17) is 17.3 Å². The number of anilines is 1. The van der Waals surface area contributed by atoms with E-state index < -0.39 is 10.0 Å². The van der Waals surface area contributed by atoms with Crippen LogP contribution < -0.4 is 5.73 Å². The van der Waals surface area contributed by atoms with E-state index >= 15 is 0 Å². The van der Waals surface area contributed by atoms with Crippen molar-refractivity contribution in [2.24, 2.45) is 5.92 Å². The van der Waals surface area contributed by atoms with Gasteiger partial charge in [-0.1, -0.05) is 25.4 Å². The summed E-state index contributed by atoms with van der Waals surface area (Å²) in [6.07, 6.45) is 0. The molecule has 0 radical (unpaired) electrons. The monoisotopic (exact) mass is 276 g/mol.